The average molecular weight is 553 g/mol. The fraction of sp³-hybridized carbons (Fsp3) is 0.0833. The molecule has 0 radical (unpaired) electrons. The van der Waals surface area contributed by atoms with Gasteiger partial charge in [0.15, 0.2) is 23.3 Å². The quantitative estimate of drug-likeness (QED) is 0.272. The molecule has 2 heterocycles. The van der Waals surface area contributed by atoms with E-state index in [-0.39, 0.29) is 9.79 Å². The van der Waals surface area contributed by atoms with Gasteiger partial charge in [-0.25, -0.2) is 9.97 Å². The van der Waals surface area contributed by atoms with Crippen molar-refractivity contribution in [3.63, 3.8) is 0 Å². The molecule has 2 aromatic heterocycles. The Labute approximate surface area is 218 Å². The van der Waals surface area contributed by atoms with Gasteiger partial charge in [0.25, 0.3) is 20.2 Å². The molecule has 3 aromatic carbocycles. The number of nitrogens with one attached hydrogen (secondary N) is 2. The van der Waals surface area contributed by atoms with Gasteiger partial charge in [-0.3, -0.25) is 18.6 Å². The molecule has 0 saturated carbocycles. The number of hydrogen-bond donors (Lipinski definition) is 2. The fourth-order valence-corrected chi connectivity index (χ4v) is 4.91. The van der Waals surface area contributed by atoms with E-state index in [1.807, 2.05) is 24.3 Å². The van der Waals surface area contributed by atoms with Crippen LogP contribution in [0.1, 0.15) is 0 Å². The van der Waals surface area contributed by atoms with Gasteiger partial charge in [-0.05, 0) is 54.6 Å². The van der Waals surface area contributed by atoms with Crippen molar-refractivity contribution in [1.82, 2.24) is 30.4 Å². The van der Waals surface area contributed by atoms with E-state index >= 15 is 0 Å². The summed E-state index contributed by atoms with van der Waals surface area (Å²) in [5, 5.41) is 14.3. The minimum atomic E-state index is -3.78. The Kier molecular flexibility index (Phi) is 6.62. The van der Waals surface area contributed by atoms with Crippen molar-refractivity contribution in [2.75, 3.05) is 14.2 Å². The number of aromatic nitrogens is 6. The van der Waals surface area contributed by atoms with E-state index in [0.29, 0.717) is 45.6 Å². The van der Waals surface area contributed by atoms with Crippen LogP contribution in [-0.2, 0) is 28.6 Å². The zero-order chi connectivity index (χ0) is 26.9. The van der Waals surface area contributed by atoms with Crippen LogP contribution in [0.15, 0.2) is 82.6 Å². The largest absolute Gasteiger partial charge is 0.296 e. The van der Waals surface area contributed by atoms with E-state index in [4.69, 9.17) is 0 Å². The summed E-state index contributed by atoms with van der Waals surface area (Å²) in [6, 6.07) is 19.5. The number of rotatable bonds is 8. The number of nitrogens with zero attached hydrogens (tertiary/aromatic N) is 4. The third-order valence-electron chi connectivity index (χ3n) is 5.62. The topological polar surface area (TPSA) is 170 Å². The average Bonchev–Trinajstić information content (AvgIpc) is 3.64. The highest BCUT2D eigenvalue weighted by molar-refractivity contribution is 7.87. The summed E-state index contributed by atoms with van der Waals surface area (Å²) in [6.45, 7) is 0. The summed E-state index contributed by atoms with van der Waals surface area (Å²) in [7, 11) is -5.35. The molecule has 5 aromatic rings. The van der Waals surface area contributed by atoms with Crippen molar-refractivity contribution in [1.29, 1.82) is 0 Å². The molecule has 0 bridgehead atoms. The summed E-state index contributed by atoms with van der Waals surface area (Å²) in [4.78, 5) is 9.14. The van der Waals surface area contributed by atoms with Gasteiger partial charge in [0, 0.05) is 22.3 Å². The van der Waals surface area contributed by atoms with Crippen LogP contribution in [0.5, 0.6) is 0 Å². The van der Waals surface area contributed by atoms with Crippen LogP contribution in [0.2, 0.25) is 0 Å². The third-order valence-corrected chi connectivity index (χ3v) is 8.20. The second kappa shape index (κ2) is 9.90. The lowest BCUT2D eigenvalue weighted by atomic mass is 10.1. The van der Waals surface area contributed by atoms with Gasteiger partial charge in [-0.1, -0.05) is 18.2 Å². The highest BCUT2D eigenvalue weighted by atomic mass is 32.2. The first-order chi connectivity index (χ1) is 18.2. The first-order valence-electron chi connectivity index (χ1n) is 11.0. The predicted molar refractivity (Wildman–Crippen MR) is 136 cm³/mol. The summed E-state index contributed by atoms with van der Waals surface area (Å²) in [5.74, 6) is 1.79. The Hall–Kier alpha value is -4.24. The maximum atomic E-state index is 11.8. The van der Waals surface area contributed by atoms with Gasteiger partial charge in [-0.15, -0.1) is 0 Å². The molecule has 14 heteroatoms. The van der Waals surface area contributed by atoms with Crippen LogP contribution < -0.4 is 0 Å². The van der Waals surface area contributed by atoms with Crippen LogP contribution >= 0.6 is 0 Å². The molecule has 194 valence electrons. The zero-order valence-electron chi connectivity index (χ0n) is 20.0. The van der Waals surface area contributed by atoms with Gasteiger partial charge in [0.1, 0.15) is 0 Å². The van der Waals surface area contributed by atoms with Gasteiger partial charge in [0.2, 0.25) is 0 Å². The summed E-state index contributed by atoms with van der Waals surface area (Å²) in [6.07, 6.45) is 0. The van der Waals surface area contributed by atoms with Gasteiger partial charge in [0.05, 0.1) is 24.0 Å². The predicted octanol–water partition coefficient (Wildman–Crippen LogP) is 3.26. The monoisotopic (exact) mass is 552 g/mol. The molecule has 12 nitrogen and oxygen atoms in total. The molecule has 0 amide bonds. The van der Waals surface area contributed by atoms with E-state index in [2.05, 4.69) is 38.7 Å². The molecule has 0 saturated heterocycles. The molecule has 0 aliphatic carbocycles. The molecule has 0 atom stereocenters. The molecule has 0 aliphatic heterocycles. The molecule has 0 unspecified atom stereocenters. The van der Waals surface area contributed by atoms with E-state index in [0.717, 1.165) is 14.2 Å². The second-order valence-corrected chi connectivity index (χ2v) is 11.3. The lowest BCUT2D eigenvalue weighted by Gasteiger charge is -2.02. The minimum Gasteiger partial charge on any atom is -0.270 e. The van der Waals surface area contributed by atoms with E-state index in [9.17, 15) is 16.8 Å². The standard InChI is InChI=1S/C24H20N6O6S2/c1-35-37(31,32)19-10-6-15(7-11-19)21-25-23(29-27-21)17-4-3-5-18(14-17)24-26-22(28-30-24)16-8-12-20(13-9-16)38(33,34)36-2/h3-14H,1-2H3,(H,25,27,29)(H,26,28,30). The van der Waals surface area contributed by atoms with Crippen molar-refractivity contribution in [3.05, 3.63) is 72.8 Å². The number of aromatic amines is 2. The molecule has 38 heavy (non-hydrogen) atoms. The highest BCUT2D eigenvalue weighted by Gasteiger charge is 2.16. The number of hydrogen-bond acceptors (Lipinski definition) is 10. The maximum Gasteiger partial charge on any atom is 0.296 e. The summed E-state index contributed by atoms with van der Waals surface area (Å²) < 4.78 is 56.4. The smallest absolute Gasteiger partial charge is 0.270 e. The molecule has 0 aliphatic rings. The molecule has 5 rings (SSSR count). The maximum absolute atomic E-state index is 11.8. The van der Waals surface area contributed by atoms with Crippen molar-refractivity contribution in [2.45, 2.75) is 9.79 Å². The van der Waals surface area contributed by atoms with E-state index < -0.39 is 20.2 Å². The van der Waals surface area contributed by atoms with Crippen LogP contribution in [0, 0.1) is 0 Å². The van der Waals surface area contributed by atoms with Crippen molar-refractivity contribution in [2.24, 2.45) is 0 Å². The molecular weight excluding hydrogens is 532 g/mol. The first kappa shape index (κ1) is 25.4. The Bertz CT molecular complexity index is 1680. The second-order valence-electron chi connectivity index (χ2n) is 7.89. The minimum absolute atomic E-state index is 0.0398. The van der Waals surface area contributed by atoms with Crippen LogP contribution in [0.25, 0.3) is 45.6 Å². The Balaban J connectivity index is 1.38. The lowest BCUT2D eigenvalue weighted by Crippen LogP contribution is -2.02. The van der Waals surface area contributed by atoms with Crippen LogP contribution in [-0.4, -0.2) is 61.4 Å². The molecule has 0 fully saturated rings. The third kappa shape index (κ3) is 4.97. The highest BCUT2D eigenvalue weighted by Crippen LogP contribution is 2.26. The van der Waals surface area contributed by atoms with Gasteiger partial charge in [-0.2, -0.15) is 27.0 Å². The van der Waals surface area contributed by atoms with Crippen molar-refractivity contribution >= 4 is 20.2 Å². The number of H-pyrrole nitrogens is 2. The molecular formula is C24H20N6O6S2. The Morgan fingerprint density at radius 3 is 1.34 bits per heavy atom. The van der Waals surface area contributed by atoms with Crippen molar-refractivity contribution in [3.8, 4) is 45.6 Å². The van der Waals surface area contributed by atoms with Crippen LogP contribution in [0.3, 0.4) is 0 Å². The zero-order valence-corrected chi connectivity index (χ0v) is 21.6. The van der Waals surface area contributed by atoms with E-state index in [1.165, 1.54) is 24.3 Å². The summed E-state index contributed by atoms with van der Waals surface area (Å²) >= 11 is 0. The first-order valence-corrected chi connectivity index (χ1v) is 13.8. The Morgan fingerprint density at radius 1 is 0.579 bits per heavy atom. The SMILES string of the molecule is COS(=O)(=O)c1ccc(-c2nc(-c3cccc(-c4n[nH]c(-c5ccc(S(=O)(=O)OC)cc5)n4)c3)n[nH]2)cc1. The lowest BCUT2D eigenvalue weighted by molar-refractivity contribution is 0.396. The Morgan fingerprint density at radius 2 is 0.974 bits per heavy atom. The van der Waals surface area contributed by atoms with Gasteiger partial charge < -0.3 is 0 Å². The van der Waals surface area contributed by atoms with Crippen molar-refractivity contribution < 1.29 is 25.2 Å². The molecule has 2 N–H and O–H groups in total. The normalized spacial score (nSPS) is 12.1. The van der Waals surface area contributed by atoms with Gasteiger partial charge >= 0.3 is 0 Å². The fourth-order valence-electron chi connectivity index (χ4n) is 3.59. The summed E-state index contributed by atoms with van der Waals surface area (Å²) in [5.41, 5.74) is 2.73. The van der Waals surface area contributed by atoms with Crippen LogP contribution in [0.4, 0.5) is 0 Å². The molecule has 0 spiro atoms. The number of benzene rings is 3. The van der Waals surface area contributed by atoms with E-state index in [1.54, 1.807) is 24.3 Å².